The number of benzene rings is 1. The minimum atomic E-state index is -0.413. The summed E-state index contributed by atoms with van der Waals surface area (Å²) >= 11 is 6.07. The number of fused-ring (bicyclic) bond motifs is 1. The van der Waals surface area contributed by atoms with Gasteiger partial charge >= 0.3 is 0 Å². The number of nitrogens with zero attached hydrogens (tertiary/aromatic N) is 5. The molecule has 0 radical (unpaired) electrons. The van der Waals surface area contributed by atoms with Gasteiger partial charge in [-0.25, -0.2) is 4.98 Å². The molecule has 1 aromatic carbocycles. The summed E-state index contributed by atoms with van der Waals surface area (Å²) in [4.78, 5) is 47.8. The molecule has 2 aliphatic heterocycles. The number of carbonyl (C=O) groups is 2. The van der Waals surface area contributed by atoms with E-state index in [-0.39, 0.29) is 30.3 Å². The highest BCUT2D eigenvalue weighted by Crippen LogP contribution is 2.28. The lowest BCUT2D eigenvalue weighted by molar-refractivity contribution is -0.135. The monoisotopic (exact) mass is 568 g/mol. The number of amides is 2. The van der Waals surface area contributed by atoms with E-state index in [4.69, 9.17) is 21.3 Å². The van der Waals surface area contributed by atoms with Crippen molar-refractivity contribution < 1.29 is 14.3 Å². The molecule has 4 heterocycles. The molecule has 5 rings (SSSR count). The number of hydrogen-bond acceptors (Lipinski definition) is 6. The zero-order chi connectivity index (χ0) is 28.1. The second-order valence-corrected chi connectivity index (χ2v) is 10.8. The molecule has 1 N–H and O–H groups in total. The minimum absolute atomic E-state index is 0.0258. The SMILES string of the molecule is CCCCCn1c(N2CCC[C@H]2C(=O)NCCC(=O)N2CCOCC2)cc(=O)n2cc(-c3ccc(Cl)cc3)nc12. The van der Waals surface area contributed by atoms with Gasteiger partial charge in [0.1, 0.15) is 11.9 Å². The van der Waals surface area contributed by atoms with E-state index in [0.717, 1.165) is 31.2 Å². The molecule has 3 aromatic rings. The number of aryl methyl sites for hydroxylation is 1. The predicted molar refractivity (Wildman–Crippen MR) is 155 cm³/mol. The highest BCUT2D eigenvalue weighted by molar-refractivity contribution is 6.30. The lowest BCUT2D eigenvalue weighted by Gasteiger charge is -2.29. The maximum absolute atomic E-state index is 13.3. The lowest BCUT2D eigenvalue weighted by atomic mass is 10.2. The molecular weight excluding hydrogens is 532 g/mol. The number of anilines is 1. The highest BCUT2D eigenvalue weighted by atomic mass is 35.5. The first-order valence-corrected chi connectivity index (χ1v) is 14.6. The Morgan fingerprint density at radius 1 is 1.12 bits per heavy atom. The van der Waals surface area contributed by atoms with Crippen LogP contribution >= 0.6 is 11.6 Å². The molecule has 0 aliphatic carbocycles. The third kappa shape index (κ3) is 6.18. The molecule has 1 atom stereocenters. The van der Waals surface area contributed by atoms with E-state index >= 15 is 0 Å². The van der Waals surface area contributed by atoms with E-state index in [0.29, 0.717) is 68.1 Å². The first-order chi connectivity index (χ1) is 19.5. The average molecular weight is 569 g/mol. The Labute approximate surface area is 238 Å². The fourth-order valence-electron chi connectivity index (χ4n) is 5.51. The van der Waals surface area contributed by atoms with Crippen LogP contribution in [0.3, 0.4) is 0 Å². The van der Waals surface area contributed by atoms with Gasteiger partial charge in [0.15, 0.2) is 0 Å². The molecule has 0 unspecified atom stereocenters. The van der Waals surface area contributed by atoms with Crippen LogP contribution in [0, 0.1) is 0 Å². The van der Waals surface area contributed by atoms with Crippen LogP contribution < -0.4 is 15.8 Å². The number of morpholine rings is 1. The molecule has 214 valence electrons. The first-order valence-electron chi connectivity index (χ1n) is 14.2. The summed E-state index contributed by atoms with van der Waals surface area (Å²) in [7, 11) is 0. The van der Waals surface area contributed by atoms with Crippen LogP contribution in [0.2, 0.25) is 5.02 Å². The third-order valence-corrected chi connectivity index (χ3v) is 7.92. The number of carbonyl (C=O) groups excluding carboxylic acids is 2. The zero-order valence-corrected chi connectivity index (χ0v) is 23.7. The number of hydrogen-bond donors (Lipinski definition) is 1. The Morgan fingerprint density at radius 3 is 2.65 bits per heavy atom. The van der Waals surface area contributed by atoms with E-state index in [9.17, 15) is 14.4 Å². The standard InChI is InChI=1S/C29H37ClN6O4/c1-2-3-4-13-35-25(19-27(38)36-20-23(32-29(35)36)21-7-9-22(30)10-8-21)34-14-5-6-24(34)28(39)31-12-11-26(37)33-15-17-40-18-16-33/h7-10,19-20,24H,2-6,11-18H2,1H3,(H,31,39)/t24-/m0/s1. The predicted octanol–water partition coefficient (Wildman–Crippen LogP) is 3.34. The maximum Gasteiger partial charge on any atom is 0.261 e. The van der Waals surface area contributed by atoms with Crippen LogP contribution in [0.5, 0.6) is 0 Å². The Hall–Kier alpha value is -3.37. The van der Waals surface area contributed by atoms with Crippen LogP contribution in [-0.2, 0) is 20.9 Å². The molecule has 0 bridgehead atoms. The van der Waals surface area contributed by atoms with Crippen molar-refractivity contribution in [2.24, 2.45) is 0 Å². The second kappa shape index (κ2) is 12.9. The number of imidazole rings is 1. The van der Waals surface area contributed by atoms with Crippen LogP contribution in [-0.4, -0.2) is 76.1 Å². The van der Waals surface area contributed by atoms with Crippen molar-refractivity contribution in [2.75, 3.05) is 44.3 Å². The fraction of sp³-hybridized carbons (Fsp3) is 0.517. The van der Waals surface area contributed by atoms with E-state index in [1.54, 1.807) is 21.6 Å². The molecule has 0 saturated carbocycles. The number of aromatic nitrogens is 3. The Morgan fingerprint density at radius 2 is 1.90 bits per heavy atom. The topological polar surface area (TPSA) is 101 Å². The van der Waals surface area contributed by atoms with Gasteiger partial charge in [-0.3, -0.25) is 23.4 Å². The van der Waals surface area contributed by atoms with Gasteiger partial charge in [0.2, 0.25) is 17.6 Å². The van der Waals surface area contributed by atoms with Crippen molar-refractivity contribution in [1.29, 1.82) is 0 Å². The summed E-state index contributed by atoms with van der Waals surface area (Å²) < 4.78 is 8.97. The van der Waals surface area contributed by atoms with Crippen LogP contribution in [0.15, 0.2) is 41.3 Å². The zero-order valence-electron chi connectivity index (χ0n) is 23.0. The van der Waals surface area contributed by atoms with E-state index in [1.165, 1.54) is 0 Å². The molecule has 2 amide bonds. The summed E-state index contributed by atoms with van der Waals surface area (Å²) in [5, 5.41) is 3.61. The van der Waals surface area contributed by atoms with Gasteiger partial charge in [-0.2, -0.15) is 0 Å². The highest BCUT2D eigenvalue weighted by Gasteiger charge is 2.33. The molecule has 2 aliphatic rings. The molecule has 2 saturated heterocycles. The van der Waals surface area contributed by atoms with Gasteiger partial charge in [-0.15, -0.1) is 0 Å². The summed E-state index contributed by atoms with van der Waals surface area (Å²) in [6, 6.07) is 8.61. The normalized spacial score (nSPS) is 17.5. The van der Waals surface area contributed by atoms with Crippen LogP contribution in [0.25, 0.3) is 17.0 Å². The smallest absolute Gasteiger partial charge is 0.261 e. The quantitative estimate of drug-likeness (QED) is 0.377. The Kier molecular flexibility index (Phi) is 9.06. The molecular formula is C29H37ClN6O4. The number of rotatable bonds is 10. The number of ether oxygens (including phenoxy) is 1. The van der Waals surface area contributed by atoms with Crippen LogP contribution in [0.1, 0.15) is 45.4 Å². The molecule has 10 nitrogen and oxygen atoms in total. The Bertz CT molecular complexity index is 1400. The summed E-state index contributed by atoms with van der Waals surface area (Å²) in [5.41, 5.74) is 1.38. The summed E-state index contributed by atoms with van der Waals surface area (Å²) in [5.74, 6) is 1.18. The number of halogens is 1. The van der Waals surface area contributed by atoms with Crippen LogP contribution in [0.4, 0.5) is 5.82 Å². The fourth-order valence-corrected chi connectivity index (χ4v) is 5.64. The molecule has 2 fully saturated rings. The largest absolute Gasteiger partial charge is 0.378 e. The summed E-state index contributed by atoms with van der Waals surface area (Å²) in [6.45, 7) is 6.08. The van der Waals surface area contributed by atoms with E-state index < -0.39 is 6.04 Å². The van der Waals surface area contributed by atoms with Gasteiger partial charge in [0, 0.05) is 62.0 Å². The van der Waals surface area contributed by atoms with Crippen molar-refractivity contribution in [3.8, 4) is 11.3 Å². The van der Waals surface area contributed by atoms with Gasteiger partial charge < -0.3 is 19.9 Å². The molecule has 11 heteroatoms. The lowest BCUT2D eigenvalue weighted by Crippen LogP contribution is -2.46. The van der Waals surface area contributed by atoms with Crippen molar-refractivity contribution in [3.05, 3.63) is 51.9 Å². The Balaban J connectivity index is 1.38. The van der Waals surface area contributed by atoms with Gasteiger partial charge in [-0.1, -0.05) is 43.5 Å². The average Bonchev–Trinajstić information content (AvgIpc) is 3.64. The van der Waals surface area contributed by atoms with Crippen molar-refractivity contribution in [1.82, 2.24) is 24.2 Å². The van der Waals surface area contributed by atoms with Crippen molar-refractivity contribution >= 4 is 35.0 Å². The second-order valence-electron chi connectivity index (χ2n) is 10.4. The molecule has 2 aromatic heterocycles. The summed E-state index contributed by atoms with van der Waals surface area (Å²) in [6.07, 6.45) is 6.58. The number of unbranched alkanes of at least 4 members (excludes halogenated alkanes) is 2. The molecule has 40 heavy (non-hydrogen) atoms. The third-order valence-electron chi connectivity index (χ3n) is 7.67. The molecule has 0 spiro atoms. The van der Waals surface area contributed by atoms with Gasteiger partial charge in [0.25, 0.3) is 5.56 Å². The first kappa shape index (κ1) is 28.2. The van der Waals surface area contributed by atoms with E-state index in [2.05, 4.69) is 16.8 Å². The van der Waals surface area contributed by atoms with Crippen molar-refractivity contribution in [3.63, 3.8) is 0 Å². The van der Waals surface area contributed by atoms with E-state index in [1.807, 2.05) is 29.2 Å². The minimum Gasteiger partial charge on any atom is -0.378 e. The van der Waals surface area contributed by atoms with Gasteiger partial charge in [0.05, 0.1) is 18.9 Å². The van der Waals surface area contributed by atoms with Crippen molar-refractivity contribution in [2.45, 2.75) is 58.0 Å². The number of nitrogens with one attached hydrogen (secondary N) is 1. The maximum atomic E-state index is 13.3. The van der Waals surface area contributed by atoms with Gasteiger partial charge in [-0.05, 0) is 31.4 Å².